The van der Waals surface area contributed by atoms with Gasteiger partial charge >= 0.3 is 0 Å². The van der Waals surface area contributed by atoms with E-state index in [1.165, 1.54) is 16.7 Å². The lowest BCUT2D eigenvalue weighted by atomic mass is 9.96. The lowest BCUT2D eigenvalue weighted by Gasteiger charge is -2.19. The van der Waals surface area contributed by atoms with Crippen LogP contribution in [0.5, 0.6) is 5.75 Å². The third kappa shape index (κ3) is 3.07. The summed E-state index contributed by atoms with van der Waals surface area (Å²) in [5, 5.41) is 4.32. The van der Waals surface area contributed by atoms with Crippen molar-refractivity contribution in [2.45, 2.75) is 32.4 Å². The van der Waals surface area contributed by atoms with Crippen molar-refractivity contribution in [1.82, 2.24) is 5.32 Å². The molecule has 0 radical (unpaired) electrons. The number of hydrogen-bond donors (Lipinski definition) is 1. The molecule has 2 atom stereocenters. The first-order chi connectivity index (χ1) is 10.2. The molecule has 0 amide bonds. The van der Waals surface area contributed by atoms with E-state index in [1.54, 1.807) is 0 Å². The van der Waals surface area contributed by atoms with Crippen LogP contribution in [0.2, 0.25) is 5.02 Å². The van der Waals surface area contributed by atoms with E-state index in [0.717, 1.165) is 23.7 Å². The van der Waals surface area contributed by atoms with Crippen molar-refractivity contribution in [1.29, 1.82) is 0 Å². The maximum absolute atomic E-state index is 6.00. The van der Waals surface area contributed by atoms with Crippen molar-refractivity contribution >= 4 is 11.6 Å². The van der Waals surface area contributed by atoms with Gasteiger partial charge in [-0.1, -0.05) is 42.8 Å². The van der Waals surface area contributed by atoms with Gasteiger partial charge in [0, 0.05) is 11.4 Å². The molecule has 0 saturated carbocycles. The van der Waals surface area contributed by atoms with E-state index in [0.29, 0.717) is 0 Å². The molecule has 110 valence electrons. The first kappa shape index (κ1) is 14.4. The van der Waals surface area contributed by atoms with Gasteiger partial charge < -0.3 is 10.1 Å². The van der Waals surface area contributed by atoms with Crippen molar-refractivity contribution in [3.8, 4) is 5.75 Å². The molecular formula is C18H20ClNO. The molecule has 1 N–H and O–H groups in total. The van der Waals surface area contributed by atoms with Crippen LogP contribution in [0.4, 0.5) is 0 Å². The number of ether oxygens (including phenoxy) is 1. The Morgan fingerprint density at radius 1 is 1.19 bits per heavy atom. The van der Waals surface area contributed by atoms with Gasteiger partial charge in [-0.15, -0.1) is 0 Å². The average molecular weight is 302 g/mol. The Bertz CT molecular complexity index is 624. The van der Waals surface area contributed by atoms with Gasteiger partial charge in [0.25, 0.3) is 0 Å². The summed E-state index contributed by atoms with van der Waals surface area (Å²) in [4.78, 5) is 0. The molecule has 0 aliphatic carbocycles. The number of hydrogen-bond acceptors (Lipinski definition) is 2. The molecule has 0 bridgehead atoms. The van der Waals surface area contributed by atoms with Crippen molar-refractivity contribution < 1.29 is 4.74 Å². The maximum atomic E-state index is 6.00. The summed E-state index contributed by atoms with van der Waals surface area (Å²) in [7, 11) is 0. The molecule has 3 rings (SSSR count). The van der Waals surface area contributed by atoms with Gasteiger partial charge in [-0.25, -0.2) is 0 Å². The Labute approximate surface area is 131 Å². The summed E-state index contributed by atoms with van der Waals surface area (Å²) in [6.07, 6.45) is 1.27. The zero-order valence-electron chi connectivity index (χ0n) is 12.4. The van der Waals surface area contributed by atoms with Gasteiger partial charge in [0.2, 0.25) is 0 Å². The topological polar surface area (TPSA) is 21.3 Å². The average Bonchev–Trinajstić information content (AvgIpc) is 2.85. The van der Waals surface area contributed by atoms with Crippen LogP contribution >= 0.6 is 11.6 Å². The minimum Gasteiger partial charge on any atom is -0.490 e. The predicted molar refractivity (Wildman–Crippen MR) is 87.2 cm³/mol. The summed E-state index contributed by atoms with van der Waals surface area (Å²) in [5.41, 5.74) is 3.81. The molecule has 1 aliphatic heterocycles. The molecule has 2 nitrogen and oxygen atoms in total. The van der Waals surface area contributed by atoms with Crippen molar-refractivity contribution in [2.75, 3.05) is 6.54 Å². The summed E-state index contributed by atoms with van der Waals surface area (Å²) < 4.78 is 5.79. The highest BCUT2D eigenvalue weighted by molar-refractivity contribution is 6.30. The summed E-state index contributed by atoms with van der Waals surface area (Å²) in [6.45, 7) is 5.15. The number of nitrogens with one attached hydrogen (secondary N) is 1. The van der Waals surface area contributed by atoms with E-state index in [4.69, 9.17) is 16.3 Å². The third-order valence-corrected chi connectivity index (χ3v) is 4.12. The van der Waals surface area contributed by atoms with Gasteiger partial charge in [0.15, 0.2) is 0 Å². The van der Waals surface area contributed by atoms with Crippen molar-refractivity contribution in [3.63, 3.8) is 0 Å². The second kappa shape index (κ2) is 6.08. The highest BCUT2D eigenvalue weighted by atomic mass is 35.5. The van der Waals surface area contributed by atoms with Crippen molar-refractivity contribution in [3.05, 3.63) is 64.2 Å². The minimum atomic E-state index is 0.188. The van der Waals surface area contributed by atoms with Gasteiger partial charge in [-0.05, 0) is 48.4 Å². The number of halogens is 1. The Kier molecular flexibility index (Phi) is 4.18. The quantitative estimate of drug-likeness (QED) is 0.906. The molecule has 1 aliphatic rings. The second-order valence-electron chi connectivity index (χ2n) is 5.54. The Hall–Kier alpha value is -1.51. The first-order valence-electron chi connectivity index (χ1n) is 7.45. The Balaban J connectivity index is 1.94. The molecule has 21 heavy (non-hydrogen) atoms. The normalized spacial score (nSPS) is 18.1. The second-order valence-corrected chi connectivity index (χ2v) is 5.98. The van der Waals surface area contributed by atoms with Crippen LogP contribution in [0, 0.1) is 0 Å². The maximum Gasteiger partial charge on any atom is 0.123 e. The zero-order chi connectivity index (χ0) is 14.8. The molecule has 1 heterocycles. The van der Waals surface area contributed by atoms with Gasteiger partial charge in [-0.3, -0.25) is 0 Å². The number of benzene rings is 2. The van der Waals surface area contributed by atoms with E-state index in [-0.39, 0.29) is 12.1 Å². The van der Waals surface area contributed by atoms with Crippen LogP contribution in [0.25, 0.3) is 0 Å². The van der Waals surface area contributed by atoms with Crippen LogP contribution in [0.15, 0.2) is 42.5 Å². The zero-order valence-corrected chi connectivity index (χ0v) is 13.2. The summed E-state index contributed by atoms with van der Waals surface area (Å²) in [6, 6.07) is 14.8. The largest absolute Gasteiger partial charge is 0.490 e. The van der Waals surface area contributed by atoms with Crippen LogP contribution in [-0.2, 0) is 6.42 Å². The highest BCUT2D eigenvalue weighted by Gasteiger charge is 2.21. The van der Waals surface area contributed by atoms with Crippen LogP contribution in [-0.4, -0.2) is 12.6 Å². The Morgan fingerprint density at radius 2 is 1.90 bits per heavy atom. The van der Waals surface area contributed by atoms with E-state index < -0.39 is 0 Å². The lowest BCUT2D eigenvalue weighted by Crippen LogP contribution is -2.22. The molecule has 3 heteroatoms. The van der Waals surface area contributed by atoms with E-state index in [2.05, 4.69) is 49.5 Å². The molecular weight excluding hydrogens is 282 g/mol. The lowest BCUT2D eigenvalue weighted by molar-refractivity contribution is 0.254. The summed E-state index contributed by atoms with van der Waals surface area (Å²) in [5.74, 6) is 1.03. The third-order valence-electron chi connectivity index (χ3n) is 3.86. The molecule has 2 unspecified atom stereocenters. The predicted octanol–water partition coefficient (Wildman–Crippen LogP) is 4.36. The fraction of sp³-hybridized carbons (Fsp3) is 0.333. The fourth-order valence-corrected chi connectivity index (χ4v) is 3.04. The molecule has 0 fully saturated rings. The van der Waals surface area contributed by atoms with E-state index in [1.807, 2.05) is 12.1 Å². The minimum absolute atomic E-state index is 0.188. The van der Waals surface area contributed by atoms with E-state index in [9.17, 15) is 0 Å². The van der Waals surface area contributed by atoms with Gasteiger partial charge in [0.05, 0.1) is 6.04 Å². The smallest absolute Gasteiger partial charge is 0.123 e. The van der Waals surface area contributed by atoms with Crippen molar-refractivity contribution in [2.24, 2.45) is 0 Å². The van der Waals surface area contributed by atoms with Crippen LogP contribution < -0.4 is 10.1 Å². The molecule has 2 aromatic carbocycles. The van der Waals surface area contributed by atoms with Gasteiger partial charge in [-0.2, -0.15) is 0 Å². The van der Waals surface area contributed by atoms with E-state index >= 15 is 0 Å². The number of rotatable bonds is 4. The molecule has 2 aromatic rings. The standard InChI is InChI=1S/C18H20ClNO/c1-3-20-18(13-4-7-16(19)8-5-13)14-6-9-17-15(11-14)10-12(2)21-17/h4-9,11-12,18,20H,3,10H2,1-2H3. The molecule has 0 saturated heterocycles. The van der Waals surface area contributed by atoms with Gasteiger partial charge in [0.1, 0.15) is 11.9 Å². The van der Waals surface area contributed by atoms with Crippen LogP contribution in [0.3, 0.4) is 0 Å². The molecule has 0 aromatic heterocycles. The first-order valence-corrected chi connectivity index (χ1v) is 7.83. The highest BCUT2D eigenvalue weighted by Crippen LogP contribution is 2.33. The summed E-state index contributed by atoms with van der Waals surface area (Å²) >= 11 is 6.00. The SMILES string of the molecule is CCNC(c1ccc(Cl)cc1)c1ccc2c(c1)CC(C)O2. The van der Waals surface area contributed by atoms with Crippen LogP contribution in [0.1, 0.15) is 36.6 Å². The number of fused-ring (bicyclic) bond motifs is 1. The molecule has 0 spiro atoms. The monoisotopic (exact) mass is 301 g/mol. The Morgan fingerprint density at radius 3 is 2.62 bits per heavy atom. The fourth-order valence-electron chi connectivity index (χ4n) is 2.91.